The van der Waals surface area contributed by atoms with Crippen molar-refractivity contribution in [3.8, 4) is 17.2 Å². The van der Waals surface area contributed by atoms with Gasteiger partial charge >= 0.3 is 11.9 Å². The number of phenols is 3. The van der Waals surface area contributed by atoms with Gasteiger partial charge < -0.3 is 24.8 Å². The molecule has 1 aromatic carbocycles. The van der Waals surface area contributed by atoms with E-state index in [0.717, 1.165) is 18.2 Å². The molecule has 2 rings (SSSR count). The van der Waals surface area contributed by atoms with Gasteiger partial charge in [0.1, 0.15) is 11.3 Å². The zero-order valence-corrected chi connectivity index (χ0v) is 10.7. The SMILES string of the molecule is CC1(C)OC(=O)C(=Cc2cc(O)c(O)cc2O)C(=O)O1. The third-order valence-corrected chi connectivity index (χ3v) is 2.54. The van der Waals surface area contributed by atoms with Crippen molar-refractivity contribution in [2.24, 2.45) is 0 Å². The molecule has 1 fully saturated rings. The Bertz CT molecular complexity index is 606. The van der Waals surface area contributed by atoms with Crippen LogP contribution < -0.4 is 0 Å². The highest BCUT2D eigenvalue weighted by Gasteiger charge is 2.39. The van der Waals surface area contributed by atoms with Gasteiger partial charge in [0, 0.05) is 25.5 Å². The molecule has 0 aliphatic carbocycles. The van der Waals surface area contributed by atoms with E-state index in [1.807, 2.05) is 0 Å². The number of benzene rings is 1. The van der Waals surface area contributed by atoms with Crippen molar-refractivity contribution in [3.05, 3.63) is 23.3 Å². The van der Waals surface area contributed by atoms with E-state index in [2.05, 4.69) is 0 Å². The largest absolute Gasteiger partial charge is 0.507 e. The van der Waals surface area contributed by atoms with Crippen LogP contribution in [0.3, 0.4) is 0 Å². The van der Waals surface area contributed by atoms with Crippen LogP contribution in [0.25, 0.3) is 6.08 Å². The van der Waals surface area contributed by atoms with Crippen molar-refractivity contribution >= 4 is 18.0 Å². The first-order valence-electron chi connectivity index (χ1n) is 5.63. The molecule has 0 aromatic heterocycles. The molecule has 0 spiro atoms. The monoisotopic (exact) mass is 280 g/mol. The first kappa shape index (κ1) is 13.7. The first-order valence-corrected chi connectivity index (χ1v) is 5.63. The lowest BCUT2D eigenvalue weighted by Crippen LogP contribution is -2.41. The summed E-state index contributed by atoms with van der Waals surface area (Å²) in [5, 5.41) is 28.1. The Kier molecular flexibility index (Phi) is 3.05. The van der Waals surface area contributed by atoms with Crippen LogP contribution >= 0.6 is 0 Å². The van der Waals surface area contributed by atoms with Crippen LogP contribution in [-0.2, 0) is 19.1 Å². The summed E-state index contributed by atoms with van der Waals surface area (Å²) in [4.78, 5) is 23.4. The summed E-state index contributed by atoms with van der Waals surface area (Å²) >= 11 is 0. The van der Waals surface area contributed by atoms with E-state index in [9.17, 15) is 24.9 Å². The second kappa shape index (κ2) is 4.44. The molecule has 3 N–H and O–H groups in total. The van der Waals surface area contributed by atoms with E-state index < -0.39 is 40.5 Å². The van der Waals surface area contributed by atoms with Crippen molar-refractivity contribution in [3.63, 3.8) is 0 Å². The molecule has 7 nitrogen and oxygen atoms in total. The van der Waals surface area contributed by atoms with E-state index in [1.54, 1.807) is 0 Å². The number of hydrogen-bond donors (Lipinski definition) is 3. The standard InChI is InChI=1S/C13H12O7/c1-13(2)19-11(17)7(12(18)20-13)3-6-4-9(15)10(16)5-8(6)14/h3-5,14-16H,1-2H3. The predicted octanol–water partition coefficient (Wildman–Crippen LogP) is 1.02. The van der Waals surface area contributed by atoms with E-state index in [0.29, 0.717) is 0 Å². The van der Waals surface area contributed by atoms with Crippen molar-refractivity contribution < 1.29 is 34.4 Å². The topological polar surface area (TPSA) is 113 Å². The lowest BCUT2D eigenvalue weighted by atomic mass is 10.1. The first-order chi connectivity index (χ1) is 9.19. The van der Waals surface area contributed by atoms with Gasteiger partial charge in [0.15, 0.2) is 11.5 Å². The molecular formula is C13H12O7. The van der Waals surface area contributed by atoms with E-state index in [4.69, 9.17) is 9.47 Å². The zero-order valence-electron chi connectivity index (χ0n) is 10.7. The highest BCUT2D eigenvalue weighted by Crippen LogP contribution is 2.34. The zero-order chi connectivity index (χ0) is 15.1. The second-order valence-electron chi connectivity index (χ2n) is 4.64. The van der Waals surface area contributed by atoms with Gasteiger partial charge in [-0.15, -0.1) is 0 Å². The predicted molar refractivity (Wildman–Crippen MR) is 65.7 cm³/mol. The van der Waals surface area contributed by atoms with E-state index in [-0.39, 0.29) is 5.56 Å². The van der Waals surface area contributed by atoms with Crippen LogP contribution in [-0.4, -0.2) is 33.0 Å². The molecule has 1 aliphatic heterocycles. The maximum atomic E-state index is 11.7. The van der Waals surface area contributed by atoms with Crippen LogP contribution in [0.4, 0.5) is 0 Å². The summed E-state index contributed by atoms with van der Waals surface area (Å²) in [6.45, 7) is 2.81. The molecule has 0 saturated carbocycles. The van der Waals surface area contributed by atoms with E-state index in [1.165, 1.54) is 13.8 Å². The number of hydrogen-bond acceptors (Lipinski definition) is 7. The minimum atomic E-state index is -1.36. The van der Waals surface area contributed by atoms with Crippen molar-refractivity contribution in [2.45, 2.75) is 19.6 Å². The van der Waals surface area contributed by atoms with Gasteiger partial charge in [0.05, 0.1) is 0 Å². The van der Waals surface area contributed by atoms with Crippen LogP contribution in [0.5, 0.6) is 17.2 Å². The molecule has 1 heterocycles. The molecule has 20 heavy (non-hydrogen) atoms. The fourth-order valence-electron chi connectivity index (χ4n) is 1.63. The fraction of sp³-hybridized carbons (Fsp3) is 0.231. The average Bonchev–Trinajstić information content (AvgIpc) is 2.28. The Hall–Kier alpha value is -2.70. The molecule has 1 aromatic rings. The lowest BCUT2D eigenvalue weighted by molar-refractivity contribution is -0.222. The number of esters is 2. The molecule has 0 unspecified atom stereocenters. The smallest absolute Gasteiger partial charge is 0.348 e. The highest BCUT2D eigenvalue weighted by atomic mass is 16.7. The minimum absolute atomic E-state index is 0.0380. The maximum Gasteiger partial charge on any atom is 0.348 e. The van der Waals surface area contributed by atoms with Gasteiger partial charge in [-0.1, -0.05) is 0 Å². The quantitative estimate of drug-likeness (QED) is 0.231. The maximum absolute atomic E-state index is 11.7. The van der Waals surface area contributed by atoms with Gasteiger partial charge in [0.2, 0.25) is 0 Å². The van der Waals surface area contributed by atoms with Crippen LogP contribution in [0.15, 0.2) is 17.7 Å². The molecule has 1 aliphatic rings. The Labute approximate surface area is 113 Å². The number of carbonyl (C=O) groups is 2. The second-order valence-corrected chi connectivity index (χ2v) is 4.64. The summed E-state index contributed by atoms with van der Waals surface area (Å²) in [5.74, 6) is -4.62. The lowest BCUT2D eigenvalue weighted by Gasteiger charge is -2.29. The van der Waals surface area contributed by atoms with Gasteiger partial charge in [-0.05, 0) is 12.1 Å². The summed E-state index contributed by atoms with van der Waals surface area (Å²) < 4.78 is 9.76. The summed E-state index contributed by atoms with van der Waals surface area (Å²) in [6.07, 6.45) is 1.01. The molecule has 106 valence electrons. The van der Waals surface area contributed by atoms with Crippen LogP contribution in [0.2, 0.25) is 0 Å². The summed E-state index contributed by atoms with van der Waals surface area (Å²) in [6, 6.07) is 1.88. The normalized spacial score (nSPS) is 17.4. The number of cyclic esters (lactones) is 2. The molecule has 0 atom stereocenters. The number of carbonyl (C=O) groups excluding carboxylic acids is 2. The Morgan fingerprint density at radius 2 is 1.45 bits per heavy atom. The number of phenolic OH excluding ortho intramolecular Hbond substituents is 3. The van der Waals surface area contributed by atoms with Crippen LogP contribution in [0, 0.1) is 0 Å². The van der Waals surface area contributed by atoms with E-state index >= 15 is 0 Å². The molecule has 0 amide bonds. The molecule has 7 heteroatoms. The van der Waals surface area contributed by atoms with Crippen molar-refractivity contribution in [2.75, 3.05) is 0 Å². The van der Waals surface area contributed by atoms with Gasteiger partial charge in [-0.3, -0.25) is 0 Å². The third-order valence-electron chi connectivity index (χ3n) is 2.54. The van der Waals surface area contributed by atoms with Gasteiger partial charge in [-0.2, -0.15) is 0 Å². The van der Waals surface area contributed by atoms with Crippen molar-refractivity contribution in [1.29, 1.82) is 0 Å². The third kappa shape index (κ3) is 2.51. The van der Waals surface area contributed by atoms with Gasteiger partial charge in [-0.25, -0.2) is 9.59 Å². The van der Waals surface area contributed by atoms with Crippen molar-refractivity contribution in [1.82, 2.24) is 0 Å². The Balaban J connectivity index is 2.43. The van der Waals surface area contributed by atoms with Gasteiger partial charge in [0.25, 0.3) is 5.79 Å². The Morgan fingerprint density at radius 3 is 2.00 bits per heavy atom. The van der Waals surface area contributed by atoms with Crippen LogP contribution in [0.1, 0.15) is 19.4 Å². The number of ether oxygens (including phenoxy) is 2. The average molecular weight is 280 g/mol. The Morgan fingerprint density at radius 1 is 0.950 bits per heavy atom. The minimum Gasteiger partial charge on any atom is -0.507 e. The fourth-order valence-corrected chi connectivity index (χ4v) is 1.63. The molecule has 1 saturated heterocycles. The number of rotatable bonds is 1. The molecule has 0 bridgehead atoms. The molecular weight excluding hydrogens is 268 g/mol. The summed E-state index contributed by atoms with van der Waals surface area (Å²) in [5.41, 5.74) is -0.464. The number of aromatic hydroxyl groups is 3. The summed E-state index contributed by atoms with van der Waals surface area (Å²) in [7, 11) is 0. The molecule has 0 radical (unpaired) electrons. The highest BCUT2D eigenvalue weighted by molar-refractivity contribution is 6.19.